The van der Waals surface area contributed by atoms with Crippen LogP contribution >= 0.6 is 0 Å². The van der Waals surface area contributed by atoms with Crippen LogP contribution in [0, 0.1) is 11.3 Å². The Morgan fingerprint density at radius 1 is 1.40 bits per heavy atom. The molecule has 1 aliphatic carbocycles. The monoisotopic (exact) mass is 209 g/mol. The van der Waals surface area contributed by atoms with Crippen LogP contribution in [0.15, 0.2) is 0 Å². The highest BCUT2D eigenvalue weighted by Crippen LogP contribution is 2.40. The molecule has 2 atom stereocenters. The lowest BCUT2D eigenvalue weighted by Crippen LogP contribution is -2.44. The molecule has 2 rings (SSSR count). The van der Waals surface area contributed by atoms with Crippen LogP contribution in [0.25, 0.3) is 0 Å². The summed E-state index contributed by atoms with van der Waals surface area (Å²) in [5, 5.41) is 0. The molecule has 86 valence electrons. The van der Waals surface area contributed by atoms with Gasteiger partial charge in [0, 0.05) is 31.5 Å². The Hall–Kier alpha value is -0.370. The van der Waals surface area contributed by atoms with Gasteiger partial charge in [0.1, 0.15) is 5.78 Å². The van der Waals surface area contributed by atoms with Gasteiger partial charge in [0.15, 0.2) is 0 Å². The average molecular weight is 209 g/mol. The quantitative estimate of drug-likeness (QED) is 0.661. The van der Waals surface area contributed by atoms with Crippen LogP contribution < -0.4 is 0 Å². The van der Waals surface area contributed by atoms with Crippen molar-refractivity contribution >= 4 is 5.78 Å². The van der Waals surface area contributed by atoms with Crippen molar-refractivity contribution < 1.29 is 4.79 Å². The van der Waals surface area contributed by atoms with E-state index in [9.17, 15) is 4.79 Å². The van der Waals surface area contributed by atoms with Crippen LogP contribution in [0.4, 0.5) is 0 Å². The molecule has 0 bridgehead atoms. The Balaban J connectivity index is 1.93. The van der Waals surface area contributed by atoms with E-state index >= 15 is 0 Å². The fraction of sp³-hybridized carbons (Fsp3) is 0.923. The highest BCUT2D eigenvalue weighted by atomic mass is 16.1. The minimum absolute atomic E-state index is 0.266. The van der Waals surface area contributed by atoms with E-state index in [1.807, 2.05) is 0 Å². The van der Waals surface area contributed by atoms with E-state index < -0.39 is 0 Å². The minimum Gasteiger partial charge on any atom is -0.299 e. The first kappa shape index (κ1) is 11.1. The number of nitrogens with zero attached hydrogens (tertiary/aromatic N) is 1. The van der Waals surface area contributed by atoms with Crippen molar-refractivity contribution in [2.75, 3.05) is 13.1 Å². The van der Waals surface area contributed by atoms with Gasteiger partial charge < -0.3 is 0 Å². The minimum atomic E-state index is 0.266. The maximum atomic E-state index is 11.5. The molecule has 2 nitrogen and oxygen atoms in total. The topological polar surface area (TPSA) is 20.3 Å². The van der Waals surface area contributed by atoms with Crippen LogP contribution in [0.2, 0.25) is 0 Å². The summed E-state index contributed by atoms with van der Waals surface area (Å²) in [7, 11) is 0. The number of likely N-dealkylation sites (tertiary alicyclic amines) is 1. The number of piperidine rings is 1. The van der Waals surface area contributed by atoms with Crippen molar-refractivity contribution in [3.05, 3.63) is 0 Å². The summed E-state index contributed by atoms with van der Waals surface area (Å²) in [6.07, 6.45) is 4.76. The normalized spacial score (nSPS) is 37.1. The molecule has 2 fully saturated rings. The molecule has 0 aromatic heterocycles. The molecule has 0 aromatic carbocycles. The number of Topliss-reactive ketones (excluding diaryl/α,β-unsaturated/α-hetero) is 1. The van der Waals surface area contributed by atoms with Gasteiger partial charge in [0.25, 0.3) is 0 Å². The van der Waals surface area contributed by atoms with Gasteiger partial charge in [-0.2, -0.15) is 0 Å². The van der Waals surface area contributed by atoms with Gasteiger partial charge in [-0.15, -0.1) is 0 Å². The number of carbonyl (C=O) groups excluding carboxylic acids is 1. The summed E-state index contributed by atoms with van der Waals surface area (Å²) in [5.74, 6) is 0.728. The lowest BCUT2D eigenvalue weighted by Gasteiger charge is -2.35. The van der Waals surface area contributed by atoms with Gasteiger partial charge in [0.05, 0.1) is 0 Å². The first-order valence-corrected chi connectivity index (χ1v) is 6.25. The van der Waals surface area contributed by atoms with Crippen LogP contribution in [0.5, 0.6) is 0 Å². The Labute approximate surface area is 93.0 Å². The molecule has 0 N–H and O–H groups in total. The standard InChI is InChI=1S/C13H23NO/c1-10-9-14(7-5-12(10)15)11-4-6-13(2,3)8-11/h10-11H,4-9H2,1-3H3. The highest BCUT2D eigenvalue weighted by Gasteiger charge is 2.36. The zero-order valence-corrected chi connectivity index (χ0v) is 10.3. The third kappa shape index (κ3) is 2.41. The van der Waals surface area contributed by atoms with Crippen LogP contribution in [0.3, 0.4) is 0 Å². The summed E-state index contributed by atoms with van der Waals surface area (Å²) in [4.78, 5) is 14.0. The molecule has 1 saturated heterocycles. The average Bonchev–Trinajstić information content (AvgIpc) is 2.51. The number of carbonyl (C=O) groups is 1. The maximum Gasteiger partial charge on any atom is 0.138 e. The largest absolute Gasteiger partial charge is 0.299 e. The number of ketones is 1. The predicted octanol–water partition coefficient (Wildman–Crippen LogP) is 2.48. The molecule has 2 unspecified atom stereocenters. The number of hydrogen-bond acceptors (Lipinski definition) is 2. The van der Waals surface area contributed by atoms with Crippen LogP contribution in [-0.2, 0) is 4.79 Å². The van der Waals surface area contributed by atoms with Gasteiger partial charge in [-0.05, 0) is 24.7 Å². The summed E-state index contributed by atoms with van der Waals surface area (Å²) >= 11 is 0. The van der Waals surface area contributed by atoms with Crippen molar-refractivity contribution in [1.29, 1.82) is 0 Å². The van der Waals surface area contributed by atoms with Gasteiger partial charge in [0.2, 0.25) is 0 Å². The lowest BCUT2D eigenvalue weighted by molar-refractivity contribution is -0.126. The van der Waals surface area contributed by atoms with Crippen LogP contribution in [0.1, 0.15) is 46.5 Å². The summed E-state index contributed by atoms with van der Waals surface area (Å²) in [6.45, 7) is 8.81. The smallest absolute Gasteiger partial charge is 0.138 e. The SMILES string of the molecule is CC1CN(C2CCC(C)(C)C2)CCC1=O. The zero-order chi connectivity index (χ0) is 11.1. The summed E-state index contributed by atoms with van der Waals surface area (Å²) < 4.78 is 0. The second kappa shape index (κ2) is 3.89. The molecule has 0 amide bonds. The Bertz CT molecular complexity index is 259. The molecule has 1 heterocycles. The van der Waals surface area contributed by atoms with Crippen molar-refractivity contribution in [3.63, 3.8) is 0 Å². The molecule has 2 heteroatoms. The molecule has 1 saturated carbocycles. The summed E-state index contributed by atoms with van der Waals surface area (Å²) in [5.41, 5.74) is 0.523. The van der Waals surface area contributed by atoms with E-state index in [0.29, 0.717) is 11.2 Å². The van der Waals surface area contributed by atoms with E-state index in [2.05, 4.69) is 25.7 Å². The molecular weight excluding hydrogens is 186 g/mol. The van der Waals surface area contributed by atoms with Crippen molar-refractivity contribution in [2.24, 2.45) is 11.3 Å². The number of rotatable bonds is 1. The van der Waals surface area contributed by atoms with Gasteiger partial charge >= 0.3 is 0 Å². The van der Waals surface area contributed by atoms with Crippen molar-refractivity contribution in [3.8, 4) is 0 Å². The molecule has 0 aromatic rings. The Kier molecular flexibility index (Phi) is 2.89. The van der Waals surface area contributed by atoms with E-state index in [1.54, 1.807) is 0 Å². The fourth-order valence-electron chi connectivity index (χ4n) is 3.09. The molecule has 0 radical (unpaired) electrons. The van der Waals surface area contributed by atoms with Gasteiger partial charge in [-0.3, -0.25) is 9.69 Å². The third-order valence-electron chi connectivity index (χ3n) is 4.16. The van der Waals surface area contributed by atoms with E-state index in [1.165, 1.54) is 19.3 Å². The first-order valence-electron chi connectivity index (χ1n) is 6.25. The molecule has 1 aliphatic heterocycles. The molecule has 2 aliphatic rings. The second-order valence-corrected chi connectivity index (χ2v) is 6.17. The lowest BCUT2D eigenvalue weighted by atomic mass is 9.91. The maximum absolute atomic E-state index is 11.5. The van der Waals surface area contributed by atoms with Crippen molar-refractivity contribution in [2.45, 2.75) is 52.5 Å². The first-order chi connectivity index (χ1) is 6.98. The molecular formula is C13H23NO. The third-order valence-corrected chi connectivity index (χ3v) is 4.16. The fourth-order valence-corrected chi connectivity index (χ4v) is 3.09. The van der Waals surface area contributed by atoms with Crippen LogP contribution in [-0.4, -0.2) is 29.8 Å². The van der Waals surface area contributed by atoms with Crippen molar-refractivity contribution in [1.82, 2.24) is 4.90 Å². The molecule has 15 heavy (non-hydrogen) atoms. The zero-order valence-electron chi connectivity index (χ0n) is 10.3. The Morgan fingerprint density at radius 3 is 2.67 bits per heavy atom. The summed E-state index contributed by atoms with van der Waals surface area (Å²) in [6, 6.07) is 0.746. The van der Waals surface area contributed by atoms with E-state index in [-0.39, 0.29) is 5.92 Å². The number of hydrogen-bond donors (Lipinski definition) is 0. The Morgan fingerprint density at radius 2 is 2.13 bits per heavy atom. The van der Waals surface area contributed by atoms with Gasteiger partial charge in [-0.25, -0.2) is 0 Å². The predicted molar refractivity (Wildman–Crippen MR) is 61.8 cm³/mol. The highest BCUT2D eigenvalue weighted by molar-refractivity contribution is 5.81. The van der Waals surface area contributed by atoms with Gasteiger partial charge in [-0.1, -0.05) is 20.8 Å². The molecule has 0 spiro atoms. The van der Waals surface area contributed by atoms with E-state index in [0.717, 1.165) is 25.6 Å². The van der Waals surface area contributed by atoms with E-state index in [4.69, 9.17) is 0 Å². The second-order valence-electron chi connectivity index (χ2n) is 6.17.